The highest BCUT2D eigenvalue weighted by atomic mass is 35.5. The first-order valence-electron chi connectivity index (χ1n) is 7.71. The number of pyridine rings is 1. The van der Waals surface area contributed by atoms with Gasteiger partial charge in [-0.05, 0) is 36.8 Å². The van der Waals surface area contributed by atoms with Crippen molar-refractivity contribution in [3.63, 3.8) is 0 Å². The van der Waals surface area contributed by atoms with Crippen LogP contribution in [0.25, 0.3) is 11.3 Å². The van der Waals surface area contributed by atoms with Gasteiger partial charge in [0.25, 0.3) is 11.5 Å². The molecule has 128 valence electrons. The highest BCUT2D eigenvalue weighted by Gasteiger charge is 2.11. The average Bonchev–Trinajstić information content (AvgIpc) is 3.00. The highest BCUT2D eigenvalue weighted by Crippen LogP contribution is 2.18. The summed E-state index contributed by atoms with van der Waals surface area (Å²) in [6.45, 7) is 2.37. The summed E-state index contributed by atoms with van der Waals surface area (Å²) in [5, 5.41) is 6.31. The van der Waals surface area contributed by atoms with Gasteiger partial charge in [0.2, 0.25) is 0 Å². The molecule has 0 aliphatic heterocycles. The standard InChI is InChI=1S/C18H16ClN3O2S/c1-11-10-25-16(21-11)8-9-20-17(23)14-6-7-15(22-18(14)24)12-2-4-13(19)5-3-12/h2-7,10H,8-9H2,1H3,(H,20,23)(H,22,24). The number of nitrogens with one attached hydrogen (secondary N) is 2. The molecule has 7 heteroatoms. The number of hydrogen-bond donors (Lipinski definition) is 2. The molecule has 0 radical (unpaired) electrons. The van der Waals surface area contributed by atoms with Crippen molar-refractivity contribution in [2.75, 3.05) is 6.54 Å². The van der Waals surface area contributed by atoms with Crippen molar-refractivity contribution in [2.45, 2.75) is 13.3 Å². The van der Waals surface area contributed by atoms with E-state index in [1.54, 1.807) is 29.5 Å². The SMILES string of the molecule is Cc1csc(CCNC(=O)c2ccc(-c3ccc(Cl)cc3)[nH]c2=O)n1. The van der Waals surface area contributed by atoms with Crippen LogP contribution in [0.3, 0.4) is 0 Å². The minimum absolute atomic E-state index is 0.0908. The first-order chi connectivity index (χ1) is 12.0. The van der Waals surface area contributed by atoms with Gasteiger partial charge in [-0.3, -0.25) is 9.59 Å². The highest BCUT2D eigenvalue weighted by molar-refractivity contribution is 7.09. The third kappa shape index (κ3) is 4.35. The zero-order chi connectivity index (χ0) is 17.8. The summed E-state index contributed by atoms with van der Waals surface area (Å²) < 4.78 is 0. The zero-order valence-electron chi connectivity index (χ0n) is 13.5. The number of aryl methyl sites for hydroxylation is 1. The summed E-state index contributed by atoms with van der Waals surface area (Å²) in [7, 11) is 0. The fraction of sp³-hybridized carbons (Fsp3) is 0.167. The first kappa shape index (κ1) is 17.4. The number of hydrogen-bond acceptors (Lipinski definition) is 4. The van der Waals surface area contributed by atoms with Crippen molar-refractivity contribution in [3.8, 4) is 11.3 Å². The molecule has 0 fully saturated rings. The Balaban J connectivity index is 1.66. The van der Waals surface area contributed by atoms with E-state index in [0.29, 0.717) is 23.7 Å². The van der Waals surface area contributed by atoms with Crippen molar-refractivity contribution in [2.24, 2.45) is 0 Å². The molecule has 1 amide bonds. The van der Waals surface area contributed by atoms with E-state index in [4.69, 9.17) is 11.6 Å². The molecule has 0 aliphatic carbocycles. The molecule has 3 aromatic rings. The van der Waals surface area contributed by atoms with Crippen LogP contribution in [0.15, 0.2) is 46.6 Å². The Kier molecular flexibility index (Phi) is 5.31. The van der Waals surface area contributed by atoms with E-state index in [9.17, 15) is 9.59 Å². The van der Waals surface area contributed by atoms with Gasteiger partial charge in [-0.25, -0.2) is 4.98 Å². The zero-order valence-corrected chi connectivity index (χ0v) is 15.1. The van der Waals surface area contributed by atoms with Gasteiger partial charge in [0, 0.05) is 34.8 Å². The summed E-state index contributed by atoms with van der Waals surface area (Å²) in [4.78, 5) is 31.5. The minimum atomic E-state index is -0.421. The van der Waals surface area contributed by atoms with Crippen LogP contribution in [0.4, 0.5) is 0 Å². The smallest absolute Gasteiger partial charge is 0.261 e. The van der Waals surface area contributed by atoms with Crippen LogP contribution in [0, 0.1) is 6.92 Å². The van der Waals surface area contributed by atoms with Crippen LogP contribution in [-0.4, -0.2) is 22.4 Å². The molecule has 0 spiro atoms. The Labute approximate surface area is 153 Å². The molecule has 0 saturated carbocycles. The van der Waals surface area contributed by atoms with Gasteiger partial charge < -0.3 is 10.3 Å². The largest absolute Gasteiger partial charge is 0.351 e. The number of aromatic amines is 1. The fourth-order valence-corrected chi connectivity index (χ4v) is 3.25. The molecule has 0 atom stereocenters. The van der Waals surface area contributed by atoms with Crippen molar-refractivity contribution in [3.05, 3.63) is 73.4 Å². The number of H-pyrrole nitrogens is 1. The monoisotopic (exact) mass is 373 g/mol. The Morgan fingerprint density at radius 3 is 2.64 bits per heavy atom. The third-order valence-electron chi connectivity index (χ3n) is 3.60. The molecule has 0 bridgehead atoms. The van der Waals surface area contributed by atoms with Crippen molar-refractivity contribution in [1.29, 1.82) is 0 Å². The number of nitrogens with zero attached hydrogens (tertiary/aromatic N) is 1. The number of carbonyl (C=O) groups excluding carboxylic acids is 1. The van der Waals surface area contributed by atoms with Crippen LogP contribution in [0.5, 0.6) is 0 Å². The molecule has 2 heterocycles. The lowest BCUT2D eigenvalue weighted by atomic mass is 10.1. The second kappa shape index (κ2) is 7.63. The first-order valence-corrected chi connectivity index (χ1v) is 8.97. The number of rotatable bonds is 5. The lowest BCUT2D eigenvalue weighted by Gasteiger charge is -2.06. The molecule has 0 aliphatic rings. The van der Waals surface area contributed by atoms with Crippen LogP contribution in [0.1, 0.15) is 21.1 Å². The molecule has 5 nitrogen and oxygen atoms in total. The van der Waals surface area contributed by atoms with E-state index in [1.165, 1.54) is 6.07 Å². The van der Waals surface area contributed by atoms with E-state index < -0.39 is 11.5 Å². The predicted octanol–water partition coefficient (Wildman–Crippen LogP) is 3.43. The van der Waals surface area contributed by atoms with E-state index in [1.807, 2.05) is 24.4 Å². The lowest BCUT2D eigenvalue weighted by molar-refractivity contribution is 0.0952. The van der Waals surface area contributed by atoms with Crippen molar-refractivity contribution in [1.82, 2.24) is 15.3 Å². The number of benzene rings is 1. The topological polar surface area (TPSA) is 74.8 Å². The number of thiazole rings is 1. The molecule has 2 aromatic heterocycles. The molecule has 1 aromatic carbocycles. The van der Waals surface area contributed by atoms with E-state index in [2.05, 4.69) is 15.3 Å². The molecular formula is C18H16ClN3O2S. The van der Waals surface area contributed by atoms with Crippen molar-refractivity contribution < 1.29 is 4.79 Å². The minimum Gasteiger partial charge on any atom is -0.351 e. The normalized spacial score (nSPS) is 10.6. The molecule has 3 rings (SSSR count). The number of aromatic nitrogens is 2. The van der Waals surface area contributed by atoms with Crippen molar-refractivity contribution >= 4 is 28.8 Å². The maximum atomic E-state index is 12.2. The van der Waals surface area contributed by atoms with Crippen LogP contribution in [0.2, 0.25) is 5.02 Å². The maximum absolute atomic E-state index is 12.2. The van der Waals surface area contributed by atoms with Gasteiger partial charge in [0.1, 0.15) is 5.56 Å². The number of carbonyl (C=O) groups is 1. The Morgan fingerprint density at radius 2 is 2.00 bits per heavy atom. The molecule has 0 saturated heterocycles. The van der Waals surface area contributed by atoms with E-state index >= 15 is 0 Å². The predicted molar refractivity (Wildman–Crippen MR) is 100 cm³/mol. The van der Waals surface area contributed by atoms with Gasteiger partial charge >= 0.3 is 0 Å². The fourth-order valence-electron chi connectivity index (χ4n) is 2.35. The van der Waals surface area contributed by atoms with E-state index in [-0.39, 0.29) is 5.56 Å². The molecule has 2 N–H and O–H groups in total. The van der Waals surface area contributed by atoms with Crippen LogP contribution in [-0.2, 0) is 6.42 Å². The number of halogens is 1. The Hall–Kier alpha value is -2.44. The molecular weight excluding hydrogens is 358 g/mol. The van der Waals surface area contributed by atoms with Gasteiger partial charge in [0.05, 0.1) is 5.01 Å². The summed E-state index contributed by atoms with van der Waals surface area (Å²) in [6.07, 6.45) is 0.644. The van der Waals surface area contributed by atoms with Gasteiger partial charge in [0.15, 0.2) is 0 Å². The van der Waals surface area contributed by atoms with Crippen LogP contribution < -0.4 is 10.9 Å². The Morgan fingerprint density at radius 1 is 1.24 bits per heavy atom. The maximum Gasteiger partial charge on any atom is 0.261 e. The van der Waals surface area contributed by atoms with Gasteiger partial charge in [-0.1, -0.05) is 23.7 Å². The van der Waals surface area contributed by atoms with E-state index in [0.717, 1.165) is 16.3 Å². The lowest BCUT2D eigenvalue weighted by Crippen LogP contribution is -2.31. The number of amides is 1. The van der Waals surface area contributed by atoms with Gasteiger partial charge in [-0.15, -0.1) is 11.3 Å². The quantitative estimate of drug-likeness (QED) is 0.719. The third-order valence-corrected chi connectivity index (χ3v) is 4.88. The molecule has 0 unspecified atom stereocenters. The van der Waals surface area contributed by atoms with Crippen LogP contribution >= 0.6 is 22.9 Å². The average molecular weight is 374 g/mol. The summed E-state index contributed by atoms with van der Waals surface area (Å²) in [6, 6.07) is 10.4. The second-order valence-electron chi connectivity index (χ2n) is 5.51. The molecule has 25 heavy (non-hydrogen) atoms. The Bertz CT molecular complexity index is 947. The summed E-state index contributed by atoms with van der Waals surface area (Å²) in [5.41, 5.74) is 2.10. The second-order valence-corrected chi connectivity index (χ2v) is 6.89. The van der Waals surface area contributed by atoms with Gasteiger partial charge in [-0.2, -0.15) is 0 Å². The summed E-state index contributed by atoms with van der Waals surface area (Å²) in [5.74, 6) is -0.391. The summed E-state index contributed by atoms with van der Waals surface area (Å²) >= 11 is 7.42.